The van der Waals surface area contributed by atoms with Crippen molar-refractivity contribution in [2.24, 2.45) is 5.92 Å². The Kier molecular flexibility index (Phi) is 6.42. The number of halogens is 1. The molecule has 1 N–H and O–H groups in total. The molecule has 1 unspecified atom stereocenters. The summed E-state index contributed by atoms with van der Waals surface area (Å²) < 4.78 is 0. The number of carbonyl (C=O) groups excluding carboxylic acids is 3. The van der Waals surface area contributed by atoms with Gasteiger partial charge in [0, 0.05) is 19.1 Å². The molecule has 1 saturated heterocycles. The van der Waals surface area contributed by atoms with Crippen molar-refractivity contribution in [3.8, 4) is 0 Å². The van der Waals surface area contributed by atoms with Gasteiger partial charge in [-0.25, -0.2) is 0 Å². The van der Waals surface area contributed by atoms with E-state index in [1.807, 2.05) is 20.9 Å². The molecule has 1 atom stereocenters. The number of hydrogen-bond donors (Lipinski definition) is 1. The van der Waals surface area contributed by atoms with Crippen molar-refractivity contribution in [2.75, 3.05) is 20.1 Å². The first-order valence-corrected chi connectivity index (χ1v) is 8.88. The first kappa shape index (κ1) is 20.4. The maximum atomic E-state index is 13.1. The van der Waals surface area contributed by atoms with Crippen molar-refractivity contribution >= 4 is 30.1 Å². The summed E-state index contributed by atoms with van der Waals surface area (Å²) in [7, 11) is 1.93. The Morgan fingerprint density at radius 1 is 1.08 bits per heavy atom. The summed E-state index contributed by atoms with van der Waals surface area (Å²) in [6, 6.07) is 6.44. The molecule has 142 valence electrons. The quantitative estimate of drug-likeness (QED) is 0.812. The minimum atomic E-state index is -0.751. The topological polar surface area (TPSA) is 69.7 Å². The molecule has 0 aromatic heterocycles. The number of nitrogens with zero attached hydrogens (tertiary/aromatic N) is 2. The minimum Gasteiger partial charge on any atom is -0.341 e. The molecular formula is C19H26ClN3O3. The highest BCUT2D eigenvalue weighted by molar-refractivity contribution is 6.22. The van der Waals surface area contributed by atoms with E-state index in [-0.39, 0.29) is 36.0 Å². The van der Waals surface area contributed by atoms with Crippen LogP contribution in [0.25, 0.3) is 0 Å². The lowest BCUT2D eigenvalue weighted by Gasteiger charge is -2.37. The third-order valence-electron chi connectivity index (χ3n) is 5.20. The molecule has 26 heavy (non-hydrogen) atoms. The van der Waals surface area contributed by atoms with E-state index in [0.717, 1.165) is 12.8 Å². The SMILES string of the molecule is CNC1CCN(C(=O)C(C(C)C)N2C(=O)c3ccccc3C2=O)CC1.Cl. The molecule has 7 heteroatoms. The predicted molar refractivity (Wildman–Crippen MR) is 101 cm³/mol. The average molecular weight is 380 g/mol. The second-order valence-electron chi connectivity index (χ2n) is 7.10. The van der Waals surface area contributed by atoms with E-state index in [2.05, 4.69) is 5.32 Å². The fourth-order valence-corrected chi connectivity index (χ4v) is 3.73. The lowest BCUT2D eigenvalue weighted by molar-refractivity contribution is -0.138. The summed E-state index contributed by atoms with van der Waals surface area (Å²) in [5, 5.41) is 3.24. The Labute approximate surface area is 160 Å². The first-order valence-electron chi connectivity index (χ1n) is 8.88. The van der Waals surface area contributed by atoms with Crippen molar-refractivity contribution in [2.45, 2.75) is 38.8 Å². The molecule has 1 fully saturated rings. The van der Waals surface area contributed by atoms with Gasteiger partial charge >= 0.3 is 0 Å². The summed E-state index contributed by atoms with van der Waals surface area (Å²) in [4.78, 5) is 41.6. The van der Waals surface area contributed by atoms with Gasteiger partial charge in [0.25, 0.3) is 11.8 Å². The van der Waals surface area contributed by atoms with E-state index in [4.69, 9.17) is 0 Å². The maximum absolute atomic E-state index is 13.1. The molecule has 3 amide bonds. The molecule has 0 spiro atoms. The van der Waals surface area contributed by atoms with E-state index in [1.165, 1.54) is 4.90 Å². The summed E-state index contributed by atoms with van der Waals surface area (Å²) >= 11 is 0. The van der Waals surface area contributed by atoms with Gasteiger partial charge in [-0.2, -0.15) is 0 Å². The van der Waals surface area contributed by atoms with Gasteiger partial charge in [0.05, 0.1) is 11.1 Å². The van der Waals surface area contributed by atoms with Crippen LogP contribution in [0.3, 0.4) is 0 Å². The number of hydrogen-bond acceptors (Lipinski definition) is 4. The smallest absolute Gasteiger partial charge is 0.262 e. The minimum absolute atomic E-state index is 0. The van der Waals surface area contributed by atoms with Crippen LogP contribution in [0.4, 0.5) is 0 Å². The van der Waals surface area contributed by atoms with Crippen LogP contribution in [-0.4, -0.2) is 59.7 Å². The first-order chi connectivity index (χ1) is 12.0. The van der Waals surface area contributed by atoms with Crippen molar-refractivity contribution in [3.63, 3.8) is 0 Å². The highest BCUT2D eigenvalue weighted by atomic mass is 35.5. The van der Waals surface area contributed by atoms with Crippen LogP contribution < -0.4 is 5.32 Å². The van der Waals surface area contributed by atoms with Gasteiger partial charge in [-0.3, -0.25) is 19.3 Å². The fourth-order valence-electron chi connectivity index (χ4n) is 3.73. The molecular weight excluding hydrogens is 354 g/mol. The van der Waals surface area contributed by atoms with E-state index >= 15 is 0 Å². The van der Waals surface area contributed by atoms with Crippen LogP contribution in [0, 0.1) is 5.92 Å². The van der Waals surface area contributed by atoms with Gasteiger partial charge in [-0.15, -0.1) is 12.4 Å². The Hall–Kier alpha value is -1.92. The third kappa shape index (κ3) is 3.48. The lowest BCUT2D eigenvalue weighted by Crippen LogP contribution is -2.55. The van der Waals surface area contributed by atoms with Crippen molar-refractivity contribution in [3.05, 3.63) is 35.4 Å². The molecule has 0 aliphatic carbocycles. The van der Waals surface area contributed by atoms with E-state index in [9.17, 15) is 14.4 Å². The zero-order valence-corrected chi connectivity index (χ0v) is 16.2. The van der Waals surface area contributed by atoms with Crippen molar-refractivity contribution in [1.82, 2.24) is 15.1 Å². The number of piperidine rings is 1. The number of likely N-dealkylation sites (tertiary alicyclic amines) is 1. The normalized spacial score (nSPS) is 18.8. The Balaban J connectivity index is 0.00000243. The number of rotatable bonds is 4. The molecule has 2 aliphatic heterocycles. The Morgan fingerprint density at radius 2 is 1.58 bits per heavy atom. The highest BCUT2D eigenvalue weighted by Crippen LogP contribution is 2.28. The molecule has 0 saturated carbocycles. The van der Waals surface area contributed by atoms with Crippen LogP contribution in [0.15, 0.2) is 24.3 Å². The second kappa shape index (κ2) is 8.18. The number of imide groups is 1. The number of fused-ring (bicyclic) bond motifs is 1. The zero-order chi connectivity index (χ0) is 18.1. The third-order valence-corrected chi connectivity index (χ3v) is 5.20. The summed E-state index contributed by atoms with van der Waals surface area (Å²) in [6.07, 6.45) is 1.77. The molecule has 1 aromatic carbocycles. The number of nitrogens with one attached hydrogen (secondary N) is 1. The Morgan fingerprint density at radius 3 is 2.00 bits per heavy atom. The van der Waals surface area contributed by atoms with Crippen LogP contribution in [0.2, 0.25) is 0 Å². The molecule has 1 aromatic rings. The molecule has 2 heterocycles. The number of benzene rings is 1. The van der Waals surface area contributed by atoms with Gasteiger partial charge in [0.1, 0.15) is 6.04 Å². The Bertz CT molecular complexity index is 664. The summed E-state index contributed by atoms with van der Waals surface area (Å²) in [5.41, 5.74) is 0.777. The van der Waals surface area contributed by atoms with Crippen LogP contribution in [0.5, 0.6) is 0 Å². The largest absolute Gasteiger partial charge is 0.341 e. The number of carbonyl (C=O) groups is 3. The molecule has 0 bridgehead atoms. The summed E-state index contributed by atoms with van der Waals surface area (Å²) in [6.45, 7) is 5.06. The molecule has 6 nitrogen and oxygen atoms in total. The van der Waals surface area contributed by atoms with Crippen molar-refractivity contribution < 1.29 is 14.4 Å². The van der Waals surface area contributed by atoms with Crippen LogP contribution in [0.1, 0.15) is 47.4 Å². The second-order valence-corrected chi connectivity index (χ2v) is 7.10. The monoisotopic (exact) mass is 379 g/mol. The average Bonchev–Trinajstić information content (AvgIpc) is 2.87. The fraction of sp³-hybridized carbons (Fsp3) is 0.526. The van der Waals surface area contributed by atoms with E-state index in [1.54, 1.807) is 29.2 Å². The van der Waals surface area contributed by atoms with Crippen molar-refractivity contribution in [1.29, 1.82) is 0 Å². The van der Waals surface area contributed by atoms with E-state index < -0.39 is 6.04 Å². The van der Waals surface area contributed by atoms with Crippen LogP contribution >= 0.6 is 12.4 Å². The standard InChI is InChI=1S/C19H25N3O3.ClH/c1-12(2)16(19(25)21-10-8-13(20-3)9-11-21)22-17(23)14-6-4-5-7-15(14)18(22)24;/h4-7,12-13,16,20H,8-11H2,1-3H3;1H. The lowest BCUT2D eigenvalue weighted by atomic mass is 9.98. The van der Waals surface area contributed by atoms with Gasteiger partial charge in [-0.1, -0.05) is 26.0 Å². The molecule has 0 radical (unpaired) electrons. The van der Waals surface area contributed by atoms with Gasteiger partial charge in [0.2, 0.25) is 5.91 Å². The number of amides is 3. The van der Waals surface area contributed by atoms with E-state index in [0.29, 0.717) is 30.3 Å². The zero-order valence-electron chi connectivity index (χ0n) is 15.4. The predicted octanol–water partition coefficient (Wildman–Crippen LogP) is 1.94. The van der Waals surface area contributed by atoms with Gasteiger partial charge in [0.15, 0.2) is 0 Å². The van der Waals surface area contributed by atoms with Gasteiger partial charge < -0.3 is 10.2 Å². The van der Waals surface area contributed by atoms with Gasteiger partial charge in [-0.05, 0) is 37.9 Å². The van der Waals surface area contributed by atoms with Crippen LogP contribution in [-0.2, 0) is 4.79 Å². The molecule has 3 rings (SSSR count). The summed E-state index contributed by atoms with van der Waals surface area (Å²) in [5.74, 6) is -0.994. The molecule has 2 aliphatic rings. The maximum Gasteiger partial charge on any atom is 0.262 e. The highest BCUT2D eigenvalue weighted by Gasteiger charge is 2.45.